The van der Waals surface area contributed by atoms with Gasteiger partial charge in [-0.05, 0) is 13.3 Å². The van der Waals surface area contributed by atoms with Crippen molar-refractivity contribution < 1.29 is 19.6 Å². The first-order valence-corrected chi connectivity index (χ1v) is 6.72. The molecule has 1 unspecified atom stereocenters. The second kappa shape index (κ2) is 5.68. The molecule has 116 valence electrons. The average Bonchev–Trinajstić information content (AvgIpc) is 2.97. The topological polar surface area (TPSA) is 120 Å². The lowest BCUT2D eigenvalue weighted by Crippen LogP contribution is -2.47. The molecule has 9 heteroatoms. The maximum absolute atomic E-state index is 11.5. The maximum Gasteiger partial charge on any atom is 0.333 e. The van der Waals surface area contributed by atoms with Crippen LogP contribution in [0.5, 0.6) is 0 Å². The normalized spacial score (nSPS) is 21.4. The van der Waals surface area contributed by atoms with E-state index in [1.54, 1.807) is 0 Å². The van der Waals surface area contributed by atoms with Gasteiger partial charge in [0.1, 0.15) is 5.69 Å². The number of hydrogen-bond donors (Lipinski definition) is 2. The molecule has 0 radical (unpaired) electrons. The van der Waals surface area contributed by atoms with Gasteiger partial charge in [0, 0.05) is 19.6 Å². The lowest BCUT2D eigenvalue weighted by Gasteiger charge is -2.24. The first kappa shape index (κ1) is 15.2. The SMILES string of the molecule is CCCn1nc(C)c([N+](=O)[O-])c1NC1(C(=O)O)CCOC1. The highest BCUT2D eigenvalue weighted by atomic mass is 16.6. The molecule has 1 aliphatic rings. The van der Waals surface area contributed by atoms with E-state index in [2.05, 4.69) is 10.4 Å². The highest BCUT2D eigenvalue weighted by molar-refractivity contribution is 5.84. The smallest absolute Gasteiger partial charge is 0.333 e. The van der Waals surface area contributed by atoms with E-state index in [4.69, 9.17) is 4.74 Å². The molecule has 1 aromatic rings. The predicted molar refractivity (Wildman–Crippen MR) is 73.3 cm³/mol. The number of carboxylic acid groups (broad SMARTS) is 1. The second-order valence-electron chi connectivity index (χ2n) is 5.08. The summed E-state index contributed by atoms with van der Waals surface area (Å²) in [6.45, 7) is 4.18. The van der Waals surface area contributed by atoms with Gasteiger partial charge in [-0.15, -0.1) is 0 Å². The fourth-order valence-corrected chi connectivity index (χ4v) is 2.40. The van der Waals surface area contributed by atoms with Gasteiger partial charge in [0.25, 0.3) is 0 Å². The Bertz CT molecular complexity index is 562. The van der Waals surface area contributed by atoms with E-state index in [9.17, 15) is 20.0 Å². The Morgan fingerprint density at radius 3 is 2.86 bits per heavy atom. The highest BCUT2D eigenvalue weighted by Gasteiger charge is 2.45. The molecule has 21 heavy (non-hydrogen) atoms. The van der Waals surface area contributed by atoms with E-state index in [-0.39, 0.29) is 30.2 Å². The van der Waals surface area contributed by atoms with Crippen molar-refractivity contribution in [1.29, 1.82) is 0 Å². The number of nitrogens with zero attached hydrogens (tertiary/aromatic N) is 3. The third-order valence-corrected chi connectivity index (χ3v) is 3.50. The van der Waals surface area contributed by atoms with Gasteiger partial charge in [-0.1, -0.05) is 6.92 Å². The largest absolute Gasteiger partial charge is 0.479 e. The number of hydrogen-bond acceptors (Lipinski definition) is 6. The van der Waals surface area contributed by atoms with Crippen LogP contribution in [0, 0.1) is 17.0 Å². The molecule has 9 nitrogen and oxygen atoms in total. The van der Waals surface area contributed by atoms with Crippen LogP contribution in [-0.2, 0) is 16.1 Å². The molecule has 1 saturated heterocycles. The minimum atomic E-state index is -1.34. The molecule has 1 aromatic heterocycles. The van der Waals surface area contributed by atoms with Crippen molar-refractivity contribution in [3.8, 4) is 0 Å². The summed E-state index contributed by atoms with van der Waals surface area (Å²) in [6, 6.07) is 0. The van der Waals surface area contributed by atoms with Crippen molar-refractivity contribution in [3.63, 3.8) is 0 Å². The summed E-state index contributed by atoms with van der Waals surface area (Å²) >= 11 is 0. The Balaban J connectivity index is 2.46. The van der Waals surface area contributed by atoms with Crippen LogP contribution in [0.2, 0.25) is 0 Å². The van der Waals surface area contributed by atoms with E-state index >= 15 is 0 Å². The van der Waals surface area contributed by atoms with Crippen molar-refractivity contribution in [2.45, 2.75) is 38.8 Å². The van der Waals surface area contributed by atoms with Crippen molar-refractivity contribution in [3.05, 3.63) is 15.8 Å². The summed E-state index contributed by atoms with van der Waals surface area (Å²) in [5.41, 5.74) is -1.27. The van der Waals surface area contributed by atoms with Gasteiger partial charge in [0.15, 0.2) is 5.54 Å². The van der Waals surface area contributed by atoms with Gasteiger partial charge in [-0.3, -0.25) is 10.1 Å². The zero-order valence-electron chi connectivity index (χ0n) is 12.0. The number of aromatic nitrogens is 2. The molecule has 0 amide bonds. The van der Waals surface area contributed by atoms with Crippen LogP contribution in [0.25, 0.3) is 0 Å². The molecule has 0 aliphatic carbocycles. The van der Waals surface area contributed by atoms with Crippen LogP contribution >= 0.6 is 0 Å². The Kier molecular flexibility index (Phi) is 4.12. The van der Waals surface area contributed by atoms with Crippen LogP contribution in [-0.4, -0.2) is 44.5 Å². The first-order chi connectivity index (χ1) is 9.91. The minimum absolute atomic E-state index is 0.0319. The number of ether oxygens (including phenoxy) is 1. The maximum atomic E-state index is 11.5. The first-order valence-electron chi connectivity index (χ1n) is 6.72. The van der Waals surface area contributed by atoms with E-state index in [1.165, 1.54) is 11.6 Å². The molecule has 2 N–H and O–H groups in total. The van der Waals surface area contributed by atoms with Gasteiger partial charge in [0.05, 0.1) is 11.5 Å². The van der Waals surface area contributed by atoms with Crippen LogP contribution in [0.3, 0.4) is 0 Å². The third-order valence-electron chi connectivity index (χ3n) is 3.50. The van der Waals surface area contributed by atoms with Crippen molar-refractivity contribution in [2.24, 2.45) is 0 Å². The number of aryl methyl sites for hydroxylation is 2. The summed E-state index contributed by atoms with van der Waals surface area (Å²) < 4.78 is 6.61. The number of anilines is 1. The summed E-state index contributed by atoms with van der Waals surface area (Å²) in [7, 11) is 0. The summed E-state index contributed by atoms with van der Waals surface area (Å²) in [4.78, 5) is 22.2. The van der Waals surface area contributed by atoms with E-state index in [0.29, 0.717) is 13.2 Å². The zero-order valence-corrected chi connectivity index (χ0v) is 12.0. The highest BCUT2D eigenvalue weighted by Crippen LogP contribution is 2.33. The van der Waals surface area contributed by atoms with Gasteiger partial charge in [-0.25, -0.2) is 9.48 Å². The van der Waals surface area contributed by atoms with E-state index in [0.717, 1.165) is 6.42 Å². The number of carbonyl (C=O) groups is 1. The molecule has 2 heterocycles. The fourth-order valence-electron chi connectivity index (χ4n) is 2.40. The lowest BCUT2D eigenvalue weighted by atomic mass is 9.99. The standard InChI is InChI=1S/C12H18N4O5/c1-3-5-15-10(9(16(19)20)8(2)14-15)13-12(11(17)18)4-6-21-7-12/h13H,3-7H2,1-2H3,(H,17,18). The predicted octanol–water partition coefficient (Wildman–Crippen LogP) is 1.17. The molecule has 2 rings (SSSR count). The van der Waals surface area contributed by atoms with Crippen molar-refractivity contribution >= 4 is 17.5 Å². The average molecular weight is 298 g/mol. The van der Waals surface area contributed by atoms with Gasteiger partial charge < -0.3 is 15.2 Å². The van der Waals surface area contributed by atoms with Crippen LogP contribution in [0.4, 0.5) is 11.5 Å². The van der Waals surface area contributed by atoms with Gasteiger partial charge in [0.2, 0.25) is 5.82 Å². The molecule has 0 spiro atoms. The Morgan fingerprint density at radius 1 is 1.67 bits per heavy atom. The molecule has 0 bridgehead atoms. The van der Waals surface area contributed by atoms with E-state index in [1.807, 2.05) is 6.92 Å². The molecule has 0 aromatic carbocycles. The fraction of sp³-hybridized carbons (Fsp3) is 0.667. The summed E-state index contributed by atoms with van der Waals surface area (Å²) in [5, 5.41) is 27.6. The quantitative estimate of drug-likeness (QED) is 0.597. The zero-order chi connectivity index (χ0) is 15.6. The van der Waals surface area contributed by atoms with Crippen LogP contribution in [0.15, 0.2) is 0 Å². The van der Waals surface area contributed by atoms with Crippen molar-refractivity contribution in [1.82, 2.24) is 9.78 Å². The second-order valence-corrected chi connectivity index (χ2v) is 5.08. The molecule has 1 fully saturated rings. The lowest BCUT2D eigenvalue weighted by molar-refractivity contribution is -0.384. The molecule has 1 aliphatic heterocycles. The molecular formula is C12H18N4O5. The molecule has 1 atom stereocenters. The van der Waals surface area contributed by atoms with Crippen LogP contribution in [0.1, 0.15) is 25.5 Å². The third kappa shape index (κ3) is 2.68. The molecule has 0 saturated carbocycles. The molecular weight excluding hydrogens is 280 g/mol. The summed E-state index contributed by atoms with van der Waals surface area (Å²) in [5.74, 6) is -0.955. The number of aliphatic carboxylic acids is 1. The monoisotopic (exact) mass is 298 g/mol. The van der Waals surface area contributed by atoms with E-state index < -0.39 is 16.4 Å². The van der Waals surface area contributed by atoms with Gasteiger partial charge >= 0.3 is 11.7 Å². The number of rotatable bonds is 6. The Labute approximate surface area is 121 Å². The minimum Gasteiger partial charge on any atom is -0.479 e. The Morgan fingerprint density at radius 2 is 2.38 bits per heavy atom. The van der Waals surface area contributed by atoms with Crippen molar-refractivity contribution in [2.75, 3.05) is 18.5 Å². The number of carboxylic acids is 1. The number of nitro groups is 1. The van der Waals surface area contributed by atoms with Crippen LogP contribution < -0.4 is 5.32 Å². The van der Waals surface area contributed by atoms with Gasteiger partial charge in [-0.2, -0.15) is 5.10 Å². The Hall–Kier alpha value is -2.16. The number of nitrogens with one attached hydrogen (secondary N) is 1. The summed E-state index contributed by atoms with van der Waals surface area (Å²) in [6.07, 6.45) is 0.972.